The predicted octanol–water partition coefficient (Wildman–Crippen LogP) is -0.521. The van der Waals surface area contributed by atoms with Crippen molar-refractivity contribution in [2.75, 3.05) is 6.54 Å². The monoisotopic (exact) mass is 153 g/mol. The molecule has 60 valence electrons. The van der Waals surface area contributed by atoms with Gasteiger partial charge in [0.05, 0.1) is 5.69 Å². The average molecular weight is 153 g/mol. The normalized spacial score (nSPS) is 16.5. The molecule has 11 heavy (non-hydrogen) atoms. The van der Waals surface area contributed by atoms with E-state index in [1.165, 1.54) is 5.69 Å². The number of nitrogens with zero attached hydrogens (tertiary/aromatic N) is 2. The maximum absolute atomic E-state index is 8.88. The van der Waals surface area contributed by atoms with Crippen molar-refractivity contribution in [2.24, 2.45) is 0 Å². The third kappa shape index (κ3) is 1.04. The molecule has 4 heteroatoms. The molecule has 2 heterocycles. The van der Waals surface area contributed by atoms with Gasteiger partial charge in [-0.25, -0.2) is 4.98 Å². The highest BCUT2D eigenvalue weighted by molar-refractivity contribution is 5.06. The van der Waals surface area contributed by atoms with Crippen LogP contribution in [0.4, 0.5) is 0 Å². The van der Waals surface area contributed by atoms with Gasteiger partial charge >= 0.3 is 0 Å². The van der Waals surface area contributed by atoms with Gasteiger partial charge in [-0.05, 0) is 0 Å². The molecule has 0 saturated heterocycles. The van der Waals surface area contributed by atoms with Gasteiger partial charge in [0.1, 0.15) is 12.4 Å². The summed E-state index contributed by atoms with van der Waals surface area (Å²) in [5, 5.41) is 12.1. The molecule has 1 aliphatic rings. The molecule has 0 bridgehead atoms. The number of nitrogens with one attached hydrogen (secondary N) is 1. The third-order valence-corrected chi connectivity index (χ3v) is 1.98. The fourth-order valence-electron chi connectivity index (χ4n) is 1.40. The Bertz CT molecular complexity index is 243. The Balaban J connectivity index is 2.38. The van der Waals surface area contributed by atoms with E-state index in [-0.39, 0.29) is 6.61 Å². The molecule has 2 rings (SSSR count). The first-order chi connectivity index (χ1) is 5.42. The lowest BCUT2D eigenvalue weighted by atomic mass is 10.3. The minimum Gasteiger partial charge on any atom is -0.388 e. The summed E-state index contributed by atoms with van der Waals surface area (Å²) >= 11 is 0. The minimum atomic E-state index is 0.0417. The van der Waals surface area contributed by atoms with Crippen molar-refractivity contribution in [1.82, 2.24) is 14.9 Å². The molecule has 0 radical (unpaired) electrons. The lowest BCUT2D eigenvalue weighted by Crippen LogP contribution is -2.28. The second-order valence-corrected chi connectivity index (χ2v) is 2.65. The maximum Gasteiger partial charge on any atom is 0.134 e. The first kappa shape index (κ1) is 6.82. The number of rotatable bonds is 1. The summed E-state index contributed by atoms with van der Waals surface area (Å²) in [6.45, 7) is 2.80. The molecular weight excluding hydrogens is 142 g/mol. The fraction of sp³-hybridized carbons (Fsp3) is 0.571. The van der Waals surface area contributed by atoms with Crippen molar-refractivity contribution < 1.29 is 5.11 Å². The van der Waals surface area contributed by atoms with Gasteiger partial charge in [-0.15, -0.1) is 0 Å². The molecule has 0 amide bonds. The van der Waals surface area contributed by atoms with E-state index in [4.69, 9.17) is 5.11 Å². The Morgan fingerprint density at radius 2 is 2.64 bits per heavy atom. The van der Waals surface area contributed by atoms with Crippen LogP contribution in [0.25, 0.3) is 0 Å². The minimum absolute atomic E-state index is 0.0417. The van der Waals surface area contributed by atoms with E-state index in [0.29, 0.717) is 0 Å². The van der Waals surface area contributed by atoms with Crippen LogP contribution in [0.2, 0.25) is 0 Å². The standard InChI is InChI=1S/C7H11N3O/c11-5-7-9-4-6-3-8-1-2-10(6)7/h4,8,11H,1-3,5H2. The van der Waals surface area contributed by atoms with E-state index in [0.717, 1.165) is 25.5 Å². The van der Waals surface area contributed by atoms with Crippen molar-refractivity contribution in [1.29, 1.82) is 0 Å². The molecule has 0 saturated carbocycles. The van der Waals surface area contributed by atoms with Crippen LogP contribution in [0.1, 0.15) is 11.5 Å². The first-order valence-electron chi connectivity index (χ1n) is 3.76. The highest BCUT2D eigenvalue weighted by Gasteiger charge is 2.11. The number of fused-ring (bicyclic) bond motifs is 1. The molecule has 0 spiro atoms. The van der Waals surface area contributed by atoms with Crippen molar-refractivity contribution >= 4 is 0 Å². The summed E-state index contributed by atoms with van der Waals surface area (Å²) in [4.78, 5) is 4.09. The van der Waals surface area contributed by atoms with Gasteiger partial charge in [-0.1, -0.05) is 0 Å². The second kappa shape index (κ2) is 2.64. The van der Waals surface area contributed by atoms with Crippen LogP contribution >= 0.6 is 0 Å². The fourth-order valence-corrected chi connectivity index (χ4v) is 1.40. The van der Waals surface area contributed by atoms with Gasteiger partial charge in [-0.3, -0.25) is 0 Å². The van der Waals surface area contributed by atoms with Gasteiger partial charge in [0.25, 0.3) is 0 Å². The summed E-state index contributed by atoms with van der Waals surface area (Å²) in [5.74, 6) is 0.779. The number of aromatic nitrogens is 2. The molecule has 0 unspecified atom stereocenters. The Morgan fingerprint density at radius 3 is 3.45 bits per heavy atom. The van der Waals surface area contributed by atoms with Gasteiger partial charge in [-0.2, -0.15) is 0 Å². The maximum atomic E-state index is 8.88. The number of hydrogen-bond acceptors (Lipinski definition) is 3. The van der Waals surface area contributed by atoms with E-state index >= 15 is 0 Å². The number of hydrogen-bond donors (Lipinski definition) is 2. The molecule has 0 aromatic carbocycles. The average Bonchev–Trinajstić information content (AvgIpc) is 2.47. The number of imidazole rings is 1. The lowest BCUT2D eigenvalue weighted by Gasteiger charge is -2.16. The number of aliphatic hydroxyl groups excluding tert-OH is 1. The first-order valence-corrected chi connectivity index (χ1v) is 3.76. The molecule has 1 aliphatic heterocycles. The zero-order valence-electron chi connectivity index (χ0n) is 6.25. The van der Waals surface area contributed by atoms with Gasteiger partial charge in [0.2, 0.25) is 0 Å². The molecule has 0 fully saturated rings. The van der Waals surface area contributed by atoms with Crippen LogP contribution in [0.5, 0.6) is 0 Å². The van der Waals surface area contributed by atoms with Crippen LogP contribution in [0.3, 0.4) is 0 Å². The second-order valence-electron chi connectivity index (χ2n) is 2.65. The summed E-state index contributed by atoms with van der Waals surface area (Å²) < 4.78 is 2.07. The summed E-state index contributed by atoms with van der Waals surface area (Å²) in [6.07, 6.45) is 1.82. The highest BCUT2D eigenvalue weighted by atomic mass is 16.3. The van der Waals surface area contributed by atoms with Crippen molar-refractivity contribution in [3.8, 4) is 0 Å². The van der Waals surface area contributed by atoms with E-state index in [2.05, 4.69) is 14.9 Å². The smallest absolute Gasteiger partial charge is 0.134 e. The Kier molecular flexibility index (Phi) is 1.63. The molecule has 1 aromatic rings. The molecule has 1 aromatic heterocycles. The largest absolute Gasteiger partial charge is 0.388 e. The zero-order valence-corrected chi connectivity index (χ0v) is 6.25. The van der Waals surface area contributed by atoms with Gasteiger partial charge < -0.3 is 15.0 Å². The van der Waals surface area contributed by atoms with Crippen LogP contribution in [-0.2, 0) is 19.7 Å². The lowest BCUT2D eigenvalue weighted by molar-refractivity contribution is 0.262. The van der Waals surface area contributed by atoms with E-state index in [9.17, 15) is 0 Å². The molecule has 4 nitrogen and oxygen atoms in total. The molecular formula is C7H11N3O. The van der Waals surface area contributed by atoms with Crippen LogP contribution < -0.4 is 5.32 Å². The summed E-state index contributed by atoms with van der Waals surface area (Å²) in [7, 11) is 0. The quantitative estimate of drug-likeness (QED) is 0.570. The molecule has 2 N–H and O–H groups in total. The summed E-state index contributed by atoms with van der Waals surface area (Å²) in [6, 6.07) is 0. The van der Waals surface area contributed by atoms with Crippen molar-refractivity contribution in [2.45, 2.75) is 19.7 Å². The van der Waals surface area contributed by atoms with Gasteiger partial charge in [0.15, 0.2) is 0 Å². The zero-order chi connectivity index (χ0) is 7.68. The summed E-state index contributed by atoms with van der Waals surface area (Å²) in [5.41, 5.74) is 1.17. The predicted molar refractivity (Wildman–Crippen MR) is 39.9 cm³/mol. The van der Waals surface area contributed by atoms with Crippen molar-refractivity contribution in [3.05, 3.63) is 17.7 Å². The Morgan fingerprint density at radius 1 is 1.73 bits per heavy atom. The van der Waals surface area contributed by atoms with Crippen LogP contribution in [-0.4, -0.2) is 21.2 Å². The number of aliphatic hydroxyl groups is 1. The SMILES string of the molecule is OCc1ncc2n1CCNC2. The van der Waals surface area contributed by atoms with E-state index < -0.39 is 0 Å². The highest BCUT2D eigenvalue weighted by Crippen LogP contribution is 2.07. The molecule has 0 atom stereocenters. The van der Waals surface area contributed by atoms with Gasteiger partial charge in [0, 0.05) is 25.8 Å². The van der Waals surface area contributed by atoms with Crippen LogP contribution in [0, 0.1) is 0 Å². The van der Waals surface area contributed by atoms with E-state index in [1.807, 2.05) is 6.20 Å². The van der Waals surface area contributed by atoms with E-state index in [1.54, 1.807) is 0 Å². The van der Waals surface area contributed by atoms with Crippen molar-refractivity contribution in [3.63, 3.8) is 0 Å². The topological polar surface area (TPSA) is 50.1 Å². The molecule has 0 aliphatic carbocycles. The van der Waals surface area contributed by atoms with Crippen LogP contribution in [0.15, 0.2) is 6.20 Å². The third-order valence-electron chi connectivity index (χ3n) is 1.98. The Hall–Kier alpha value is -0.870. The Labute approximate surface area is 64.9 Å².